The number of amides is 2. The maximum atomic E-state index is 12.4. The minimum absolute atomic E-state index is 0.0700. The van der Waals surface area contributed by atoms with E-state index in [9.17, 15) is 18.0 Å². The van der Waals surface area contributed by atoms with Gasteiger partial charge in [-0.1, -0.05) is 6.07 Å². The van der Waals surface area contributed by atoms with Crippen LogP contribution in [0.25, 0.3) is 0 Å². The van der Waals surface area contributed by atoms with Gasteiger partial charge in [0.15, 0.2) is 11.5 Å². The number of carbonyl (C=O) groups is 2. The molecule has 0 atom stereocenters. The van der Waals surface area contributed by atoms with Crippen molar-refractivity contribution < 1.29 is 27.5 Å². The predicted octanol–water partition coefficient (Wildman–Crippen LogP) is 1.53. The molecule has 26 heavy (non-hydrogen) atoms. The number of hydrogen-bond donors (Lipinski definition) is 2. The third kappa shape index (κ3) is 3.77. The molecule has 1 aliphatic heterocycles. The fraction of sp³-hybridized carbons (Fsp3) is 0.176. The van der Waals surface area contributed by atoms with Crippen LogP contribution in [0.3, 0.4) is 0 Å². The van der Waals surface area contributed by atoms with Gasteiger partial charge in [0.1, 0.15) is 13.2 Å². The summed E-state index contributed by atoms with van der Waals surface area (Å²) < 4.78 is 37.7. The molecule has 2 aromatic carbocycles. The standard InChI is InChI=1S/C17H16N2O6S/c1-11(20)18-12-5-7-13(8-6-12)26(22,23)19-17(21)14-3-2-4-15-16(14)25-10-9-24-15/h2-8H,9-10H2,1H3,(H,18,20)(H,19,21). The summed E-state index contributed by atoms with van der Waals surface area (Å²) in [6.07, 6.45) is 0. The van der Waals surface area contributed by atoms with Gasteiger partial charge in [0.2, 0.25) is 5.91 Å². The van der Waals surface area contributed by atoms with Crippen molar-refractivity contribution in [2.75, 3.05) is 18.5 Å². The summed E-state index contributed by atoms with van der Waals surface area (Å²) in [5, 5.41) is 2.53. The van der Waals surface area contributed by atoms with Crippen molar-refractivity contribution in [2.24, 2.45) is 0 Å². The molecular weight excluding hydrogens is 360 g/mol. The Labute approximate surface area is 150 Å². The molecule has 0 spiro atoms. The van der Waals surface area contributed by atoms with Gasteiger partial charge in [-0.15, -0.1) is 0 Å². The van der Waals surface area contributed by atoms with Crippen molar-refractivity contribution in [2.45, 2.75) is 11.8 Å². The molecule has 3 rings (SSSR count). The number of anilines is 1. The van der Waals surface area contributed by atoms with E-state index in [1.807, 2.05) is 4.72 Å². The third-order valence-corrected chi connectivity index (χ3v) is 4.87. The molecule has 0 saturated heterocycles. The predicted molar refractivity (Wildman–Crippen MR) is 92.8 cm³/mol. The van der Waals surface area contributed by atoms with Crippen LogP contribution < -0.4 is 19.5 Å². The van der Waals surface area contributed by atoms with Crippen molar-refractivity contribution >= 4 is 27.5 Å². The minimum atomic E-state index is -4.09. The van der Waals surface area contributed by atoms with Crippen LogP contribution >= 0.6 is 0 Å². The molecule has 1 heterocycles. The number of fused-ring (bicyclic) bond motifs is 1. The molecule has 0 aliphatic carbocycles. The van der Waals surface area contributed by atoms with Crippen LogP contribution in [0.2, 0.25) is 0 Å². The zero-order chi connectivity index (χ0) is 18.7. The lowest BCUT2D eigenvalue weighted by atomic mass is 10.1. The molecule has 0 unspecified atom stereocenters. The van der Waals surface area contributed by atoms with E-state index in [0.717, 1.165) is 0 Å². The number of ether oxygens (including phenoxy) is 2. The topological polar surface area (TPSA) is 111 Å². The van der Waals surface area contributed by atoms with Gasteiger partial charge in [0, 0.05) is 12.6 Å². The first-order valence-electron chi connectivity index (χ1n) is 7.70. The molecule has 2 amide bonds. The fourth-order valence-electron chi connectivity index (χ4n) is 2.41. The summed E-state index contributed by atoms with van der Waals surface area (Å²) in [6.45, 7) is 1.98. The number of nitrogens with one attached hydrogen (secondary N) is 2. The molecule has 8 nitrogen and oxygen atoms in total. The molecular formula is C17H16N2O6S. The van der Waals surface area contributed by atoms with E-state index in [2.05, 4.69) is 5.32 Å². The monoisotopic (exact) mass is 376 g/mol. The Bertz CT molecular complexity index is 954. The molecule has 0 bridgehead atoms. The van der Waals surface area contributed by atoms with Crippen LogP contribution in [0.1, 0.15) is 17.3 Å². The van der Waals surface area contributed by atoms with Gasteiger partial charge in [-0.05, 0) is 36.4 Å². The second-order valence-corrected chi connectivity index (χ2v) is 7.15. The zero-order valence-electron chi connectivity index (χ0n) is 13.8. The van der Waals surface area contributed by atoms with Crippen molar-refractivity contribution in [1.29, 1.82) is 0 Å². The number of carbonyl (C=O) groups excluding carboxylic acids is 2. The lowest BCUT2D eigenvalue weighted by Crippen LogP contribution is -2.31. The first-order chi connectivity index (χ1) is 12.4. The van der Waals surface area contributed by atoms with E-state index in [1.54, 1.807) is 12.1 Å². The summed E-state index contributed by atoms with van der Waals surface area (Å²) in [4.78, 5) is 23.3. The highest BCUT2D eigenvalue weighted by atomic mass is 32.2. The Balaban J connectivity index is 1.81. The molecule has 9 heteroatoms. The van der Waals surface area contributed by atoms with Crippen LogP contribution in [0.5, 0.6) is 11.5 Å². The van der Waals surface area contributed by atoms with E-state index in [-0.39, 0.29) is 28.7 Å². The highest BCUT2D eigenvalue weighted by Gasteiger charge is 2.24. The van der Waals surface area contributed by atoms with E-state index in [1.165, 1.54) is 37.3 Å². The lowest BCUT2D eigenvalue weighted by Gasteiger charge is -2.20. The molecule has 2 aromatic rings. The molecule has 0 fully saturated rings. The molecule has 136 valence electrons. The Morgan fingerprint density at radius 2 is 1.69 bits per heavy atom. The largest absolute Gasteiger partial charge is 0.486 e. The average molecular weight is 376 g/mol. The smallest absolute Gasteiger partial charge is 0.268 e. The summed E-state index contributed by atoms with van der Waals surface area (Å²) >= 11 is 0. The fourth-order valence-corrected chi connectivity index (χ4v) is 3.38. The maximum absolute atomic E-state index is 12.4. The first-order valence-corrected chi connectivity index (χ1v) is 9.18. The maximum Gasteiger partial charge on any atom is 0.268 e. The summed E-state index contributed by atoms with van der Waals surface area (Å²) in [5.74, 6) is -0.489. The SMILES string of the molecule is CC(=O)Nc1ccc(S(=O)(=O)NC(=O)c2cccc3c2OCCO3)cc1. The van der Waals surface area contributed by atoms with E-state index >= 15 is 0 Å². The highest BCUT2D eigenvalue weighted by molar-refractivity contribution is 7.90. The average Bonchev–Trinajstić information content (AvgIpc) is 2.60. The lowest BCUT2D eigenvalue weighted by molar-refractivity contribution is -0.114. The van der Waals surface area contributed by atoms with E-state index < -0.39 is 15.9 Å². The van der Waals surface area contributed by atoms with Crippen molar-refractivity contribution in [1.82, 2.24) is 4.72 Å². The highest BCUT2D eigenvalue weighted by Crippen LogP contribution is 2.33. The molecule has 1 aliphatic rings. The van der Waals surface area contributed by atoms with E-state index in [4.69, 9.17) is 9.47 Å². The quantitative estimate of drug-likeness (QED) is 0.837. The van der Waals surface area contributed by atoms with Gasteiger partial charge < -0.3 is 14.8 Å². The van der Waals surface area contributed by atoms with Gasteiger partial charge in [0.05, 0.1) is 10.5 Å². The summed E-state index contributed by atoms with van der Waals surface area (Å²) in [6, 6.07) is 10.1. The van der Waals surface area contributed by atoms with Crippen LogP contribution in [-0.2, 0) is 14.8 Å². The Morgan fingerprint density at radius 1 is 1.00 bits per heavy atom. The Morgan fingerprint density at radius 3 is 2.38 bits per heavy atom. The van der Waals surface area contributed by atoms with Gasteiger partial charge in [-0.3, -0.25) is 9.59 Å². The van der Waals surface area contributed by atoms with Crippen LogP contribution in [0, 0.1) is 0 Å². The molecule has 0 radical (unpaired) electrons. The van der Waals surface area contributed by atoms with Gasteiger partial charge >= 0.3 is 0 Å². The third-order valence-electron chi connectivity index (χ3n) is 3.52. The molecule has 2 N–H and O–H groups in total. The van der Waals surface area contributed by atoms with Crippen molar-refractivity contribution in [3.05, 3.63) is 48.0 Å². The zero-order valence-corrected chi connectivity index (χ0v) is 14.6. The van der Waals surface area contributed by atoms with Crippen molar-refractivity contribution in [3.8, 4) is 11.5 Å². The van der Waals surface area contributed by atoms with Crippen molar-refractivity contribution in [3.63, 3.8) is 0 Å². The van der Waals surface area contributed by atoms with Crippen LogP contribution in [0.15, 0.2) is 47.4 Å². The van der Waals surface area contributed by atoms with E-state index in [0.29, 0.717) is 18.0 Å². The Kier molecular flexibility index (Phi) is 4.81. The first kappa shape index (κ1) is 17.7. The number of benzene rings is 2. The number of sulfonamides is 1. The second kappa shape index (κ2) is 7.04. The summed E-state index contributed by atoms with van der Waals surface area (Å²) in [7, 11) is -4.09. The molecule has 0 saturated carbocycles. The molecule has 0 aromatic heterocycles. The Hall–Kier alpha value is -3.07. The minimum Gasteiger partial charge on any atom is -0.486 e. The number of para-hydroxylation sites is 1. The van der Waals surface area contributed by atoms with Crippen LogP contribution in [-0.4, -0.2) is 33.4 Å². The summed E-state index contributed by atoms with van der Waals surface area (Å²) in [5.41, 5.74) is 0.520. The van der Waals surface area contributed by atoms with Gasteiger partial charge in [-0.25, -0.2) is 13.1 Å². The van der Waals surface area contributed by atoms with Crippen LogP contribution in [0.4, 0.5) is 5.69 Å². The number of hydrogen-bond acceptors (Lipinski definition) is 6. The van der Waals surface area contributed by atoms with Gasteiger partial charge in [-0.2, -0.15) is 0 Å². The van der Waals surface area contributed by atoms with Gasteiger partial charge in [0.25, 0.3) is 15.9 Å². The number of rotatable bonds is 4. The second-order valence-electron chi connectivity index (χ2n) is 5.47. The normalized spacial score (nSPS) is 13.0.